The Bertz CT molecular complexity index is 973. The molecule has 0 amide bonds. The topological polar surface area (TPSA) is 35.5 Å². The Labute approximate surface area is 234 Å². The summed E-state index contributed by atoms with van der Waals surface area (Å²) in [5.74, 6) is -18.5. The molecule has 0 heterocycles. The van der Waals surface area contributed by atoms with Gasteiger partial charge in [-0.15, -0.1) is 0 Å². The third kappa shape index (κ3) is 11.0. The van der Waals surface area contributed by atoms with Gasteiger partial charge in [0.25, 0.3) is 0 Å². The number of hydrogen-bond donors (Lipinski definition) is 0. The van der Waals surface area contributed by atoms with Gasteiger partial charge in [-0.3, -0.25) is 0 Å². The highest BCUT2D eigenvalue weighted by atomic mass is 19.4. The van der Waals surface area contributed by atoms with E-state index in [0.717, 1.165) is 18.3 Å². The van der Waals surface area contributed by atoms with Crippen LogP contribution in [0.15, 0.2) is 48.6 Å². The fourth-order valence-corrected chi connectivity index (χ4v) is 3.43. The number of hydrogen-bond acceptors (Lipinski definition) is 3. The Morgan fingerprint density at radius 2 is 1.34 bits per heavy atom. The summed E-state index contributed by atoms with van der Waals surface area (Å²) >= 11 is 0. The molecule has 0 aliphatic heterocycles. The fraction of sp³-hybridized carbons (Fsp3) is 0.621. The summed E-state index contributed by atoms with van der Waals surface area (Å²) in [4.78, 5) is 10.7. The molecule has 0 aliphatic rings. The number of carbonyl (C=O) groups excluding carboxylic acids is 1. The molecule has 3 nitrogen and oxygen atoms in total. The molecule has 234 valence electrons. The first-order valence-electron chi connectivity index (χ1n) is 13.2. The molecule has 41 heavy (non-hydrogen) atoms. The molecular formula is C29H37F9O3. The van der Waals surface area contributed by atoms with Crippen LogP contribution in [0.1, 0.15) is 58.9 Å². The van der Waals surface area contributed by atoms with Crippen molar-refractivity contribution < 1.29 is 53.8 Å². The van der Waals surface area contributed by atoms with Gasteiger partial charge in [-0.2, -0.15) is 39.5 Å². The van der Waals surface area contributed by atoms with Crippen molar-refractivity contribution in [2.45, 2.75) is 90.0 Å². The van der Waals surface area contributed by atoms with Crippen LogP contribution in [0.25, 0.3) is 0 Å². The van der Waals surface area contributed by atoms with Gasteiger partial charge in [-0.1, -0.05) is 57.2 Å². The zero-order chi connectivity index (χ0) is 31.5. The highest BCUT2D eigenvalue weighted by molar-refractivity contribution is 5.52. The zero-order valence-electron chi connectivity index (χ0n) is 23.4. The Kier molecular flexibility index (Phi) is 13.9. The zero-order valence-corrected chi connectivity index (χ0v) is 23.4. The van der Waals surface area contributed by atoms with Gasteiger partial charge in [0, 0.05) is 12.3 Å². The summed E-state index contributed by atoms with van der Waals surface area (Å²) < 4.78 is 127. The molecular weight excluding hydrogens is 567 g/mol. The quantitative estimate of drug-likeness (QED) is 0.0726. The minimum absolute atomic E-state index is 0.00242. The van der Waals surface area contributed by atoms with Crippen LogP contribution in [0.5, 0.6) is 5.75 Å². The smallest absolute Gasteiger partial charge is 0.460 e. The Hall–Kier alpha value is -2.50. The van der Waals surface area contributed by atoms with Crippen LogP contribution in [0, 0.1) is 17.8 Å². The first kappa shape index (κ1) is 36.5. The monoisotopic (exact) mass is 604 g/mol. The van der Waals surface area contributed by atoms with Crippen molar-refractivity contribution in [3.63, 3.8) is 0 Å². The molecule has 1 rings (SSSR count). The van der Waals surface area contributed by atoms with E-state index in [9.17, 15) is 44.3 Å². The summed E-state index contributed by atoms with van der Waals surface area (Å²) in [6.45, 7) is 7.52. The first-order valence-corrected chi connectivity index (χ1v) is 13.2. The summed E-state index contributed by atoms with van der Waals surface area (Å²) in [5.41, 5.74) is 0.754. The van der Waals surface area contributed by atoms with E-state index in [1.807, 2.05) is 26.8 Å². The third-order valence-electron chi connectivity index (χ3n) is 6.44. The maximum Gasteiger partial charge on any atom is 0.460 e. The second-order valence-electron chi connectivity index (χ2n) is 10.2. The van der Waals surface area contributed by atoms with Gasteiger partial charge >= 0.3 is 23.9 Å². The second-order valence-corrected chi connectivity index (χ2v) is 10.2. The van der Waals surface area contributed by atoms with E-state index in [2.05, 4.69) is 25.2 Å². The number of allylic oxidation sites excluding steroid dienone is 3. The van der Waals surface area contributed by atoms with Crippen molar-refractivity contribution in [2.24, 2.45) is 17.8 Å². The number of alkyl halides is 9. The lowest BCUT2D eigenvalue weighted by molar-refractivity contribution is -0.396. The SMILES string of the molecule is C[C@H](OCc1ccc(OCCCC(F)(F)C(F)(F)C(F)(F)C(F)(F)F)cc1)[C@@H](C)/C=C/C[C@@H](C)/C=C/C[C@@H](C)C=O. The molecule has 0 aliphatic carbocycles. The average Bonchev–Trinajstić information content (AvgIpc) is 2.89. The van der Waals surface area contributed by atoms with E-state index < -0.39 is 43.4 Å². The van der Waals surface area contributed by atoms with Gasteiger partial charge in [0.05, 0.1) is 19.3 Å². The van der Waals surface area contributed by atoms with E-state index >= 15 is 0 Å². The van der Waals surface area contributed by atoms with Crippen LogP contribution in [-0.2, 0) is 16.1 Å². The Morgan fingerprint density at radius 1 is 0.780 bits per heavy atom. The number of benzene rings is 1. The van der Waals surface area contributed by atoms with Crippen molar-refractivity contribution in [2.75, 3.05) is 6.61 Å². The molecule has 4 atom stereocenters. The van der Waals surface area contributed by atoms with Gasteiger partial charge in [-0.05, 0) is 55.7 Å². The van der Waals surface area contributed by atoms with Crippen LogP contribution < -0.4 is 4.74 Å². The molecule has 0 radical (unpaired) electrons. The van der Waals surface area contributed by atoms with E-state index in [-0.39, 0.29) is 30.3 Å². The van der Waals surface area contributed by atoms with Crippen LogP contribution >= 0.6 is 0 Å². The summed E-state index contributed by atoms with van der Waals surface area (Å²) in [5, 5.41) is 0. The number of ether oxygens (including phenoxy) is 2. The van der Waals surface area contributed by atoms with Crippen LogP contribution in [0.4, 0.5) is 39.5 Å². The van der Waals surface area contributed by atoms with E-state index in [1.54, 1.807) is 12.1 Å². The van der Waals surface area contributed by atoms with Crippen molar-refractivity contribution in [3.8, 4) is 5.75 Å². The Morgan fingerprint density at radius 3 is 1.90 bits per heavy atom. The summed E-state index contributed by atoms with van der Waals surface area (Å²) in [6, 6.07) is 6.16. The molecule has 0 saturated heterocycles. The van der Waals surface area contributed by atoms with Gasteiger partial charge in [0.1, 0.15) is 12.0 Å². The van der Waals surface area contributed by atoms with Gasteiger partial charge < -0.3 is 14.3 Å². The maximum absolute atomic E-state index is 13.6. The van der Waals surface area contributed by atoms with Crippen LogP contribution in [0.2, 0.25) is 0 Å². The molecule has 1 aromatic rings. The van der Waals surface area contributed by atoms with Crippen LogP contribution in [0.3, 0.4) is 0 Å². The third-order valence-corrected chi connectivity index (χ3v) is 6.44. The van der Waals surface area contributed by atoms with Crippen molar-refractivity contribution in [1.29, 1.82) is 0 Å². The van der Waals surface area contributed by atoms with Gasteiger partial charge in [0.2, 0.25) is 0 Å². The van der Waals surface area contributed by atoms with E-state index in [1.165, 1.54) is 12.1 Å². The minimum Gasteiger partial charge on any atom is -0.494 e. The maximum atomic E-state index is 13.6. The molecule has 12 heteroatoms. The highest BCUT2D eigenvalue weighted by Gasteiger charge is 2.81. The molecule has 0 fully saturated rings. The van der Waals surface area contributed by atoms with Crippen molar-refractivity contribution >= 4 is 6.29 Å². The second kappa shape index (κ2) is 15.7. The standard InChI is InChI=1S/C29H37F9O3/c1-20(8-5-10-21(2)18-39)9-6-11-22(3)23(4)41-19-24-12-14-25(15-13-24)40-17-7-16-26(30,31)27(32,33)28(34,35)29(36,37)38/h5-6,8,11-15,18,20-23H,7,9-10,16-17,19H2,1-4H3/b8-5+,11-6+/t20-,21+,22-,23-/m0/s1. The fourth-order valence-electron chi connectivity index (χ4n) is 3.43. The summed E-state index contributed by atoms with van der Waals surface area (Å²) in [7, 11) is 0. The number of carbonyl (C=O) groups is 1. The average molecular weight is 605 g/mol. The van der Waals surface area contributed by atoms with Gasteiger partial charge in [-0.25, -0.2) is 0 Å². The predicted octanol–water partition coefficient (Wildman–Crippen LogP) is 9.22. The van der Waals surface area contributed by atoms with E-state index in [0.29, 0.717) is 12.3 Å². The molecule has 0 unspecified atom stereocenters. The molecule has 1 aromatic carbocycles. The molecule has 0 spiro atoms. The lowest BCUT2D eigenvalue weighted by Gasteiger charge is -2.33. The number of halogens is 9. The summed E-state index contributed by atoms with van der Waals surface area (Å²) in [6.07, 6.45) is 0.927. The molecule has 0 aromatic heterocycles. The number of aldehydes is 1. The number of rotatable bonds is 18. The van der Waals surface area contributed by atoms with Crippen molar-refractivity contribution in [1.82, 2.24) is 0 Å². The lowest BCUT2D eigenvalue weighted by Crippen LogP contribution is -2.60. The normalized spacial score (nSPS) is 16.6. The van der Waals surface area contributed by atoms with Crippen molar-refractivity contribution in [3.05, 3.63) is 54.1 Å². The molecule has 0 N–H and O–H groups in total. The molecule has 0 saturated carbocycles. The largest absolute Gasteiger partial charge is 0.494 e. The lowest BCUT2D eigenvalue weighted by atomic mass is 10.00. The minimum atomic E-state index is -6.89. The predicted molar refractivity (Wildman–Crippen MR) is 137 cm³/mol. The highest BCUT2D eigenvalue weighted by Crippen LogP contribution is 2.54. The van der Waals surface area contributed by atoms with Crippen LogP contribution in [-0.4, -0.2) is 42.9 Å². The Balaban J connectivity index is 2.47. The van der Waals surface area contributed by atoms with E-state index in [4.69, 9.17) is 9.47 Å². The first-order chi connectivity index (χ1) is 18.9. The molecule has 0 bridgehead atoms. The van der Waals surface area contributed by atoms with Gasteiger partial charge in [0.15, 0.2) is 0 Å².